The SMILES string of the molecule is COc1ccccc1C(=O)N1CCN(S(=O)(=O)c2ccccc2)C(c2nc3ccccc3[nH]2)C1. The summed E-state index contributed by atoms with van der Waals surface area (Å²) in [5, 5.41) is 0. The number of benzene rings is 3. The third-order valence-corrected chi connectivity index (χ3v) is 7.95. The first-order valence-corrected chi connectivity index (χ1v) is 12.4. The van der Waals surface area contributed by atoms with Crippen LogP contribution < -0.4 is 4.74 Å². The second kappa shape index (κ2) is 8.92. The van der Waals surface area contributed by atoms with Crippen molar-refractivity contribution in [2.45, 2.75) is 10.9 Å². The summed E-state index contributed by atoms with van der Waals surface area (Å²) < 4.78 is 34.0. The third kappa shape index (κ3) is 3.93. The van der Waals surface area contributed by atoms with Crippen molar-refractivity contribution in [1.82, 2.24) is 19.2 Å². The predicted molar refractivity (Wildman–Crippen MR) is 128 cm³/mol. The number of imidazole rings is 1. The van der Waals surface area contributed by atoms with Gasteiger partial charge in [-0.05, 0) is 36.4 Å². The number of aromatic amines is 1. The van der Waals surface area contributed by atoms with Crippen molar-refractivity contribution in [1.29, 1.82) is 0 Å². The average molecular weight is 477 g/mol. The molecule has 5 rings (SSSR count). The number of nitrogens with zero attached hydrogens (tertiary/aromatic N) is 3. The van der Waals surface area contributed by atoms with Crippen molar-refractivity contribution in [3.8, 4) is 5.75 Å². The molecule has 0 saturated carbocycles. The van der Waals surface area contributed by atoms with Gasteiger partial charge >= 0.3 is 0 Å². The predicted octanol–water partition coefficient (Wildman–Crippen LogP) is 3.46. The molecule has 1 N–H and O–H groups in total. The Labute approximate surface area is 197 Å². The molecule has 1 atom stereocenters. The summed E-state index contributed by atoms with van der Waals surface area (Å²) in [5.74, 6) is 0.765. The molecule has 0 bridgehead atoms. The van der Waals surface area contributed by atoms with Crippen molar-refractivity contribution >= 4 is 27.0 Å². The topological polar surface area (TPSA) is 95.6 Å². The maximum Gasteiger partial charge on any atom is 0.257 e. The van der Waals surface area contributed by atoms with Crippen molar-refractivity contribution in [3.05, 3.63) is 90.3 Å². The number of aromatic nitrogens is 2. The lowest BCUT2D eigenvalue weighted by Gasteiger charge is -2.39. The van der Waals surface area contributed by atoms with E-state index in [0.29, 0.717) is 17.1 Å². The van der Waals surface area contributed by atoms with Gasteiger partial charge in [0.25, 0.3) is 5.91 Å². The maximum absolute atomic E-state index is 13.6. The number of carbonyl (C=O) groups excluding carboxylic acids is 1. The molecular formula is C25H24N4O4S. The summed E-state index contributed by atoms with van der Waals surface area (Å²) in [4.78, 5) is 23.2. The first-order chi connectivity index (χ1) is 16.5. The van der Waals surface area contributed by atoms with Crippen molar-refractivity contribution in [3.63, 3.8) is 0 Å². The molecular weight excluding hydrogens is 452 g/mol. The van der Waals surface area contributed by atoms with Gasteiger partial charge in [0.15, 0.2) is 0 Å². The highest BCUT2D eigenvalue weighted by Crippen LogP contribution is 2.32. The zero-order chi connectivity index (χ0) is 23.7. The van der Waals surface area contributed by atoms with E-state index in [9.17, 15) is 13.2 Å². The van der Waals surface area contributed by atoms with Gasteiger partial charge in [0, 0.05) is 19.6 Å². The summed E-state index contributed by atoms with van der Waals surface area (Å²) >= 11 is 0. The molecule has 174 valence electrons. The van der Waals surface area contributed by atoms with Gasteiger partial charge in [-0.3, -0.25) is 4.79 Å². The Balaban J connectivity index is 1.54. The van der Waals surface area contributed by atoms with Crippen LogP contribution in [0.3, 0.4) is 0 Å². The Morgan fingerprint density at radius 2 is 1.68 bits per heavy atom. The van der Waals surface area contributed by atoms with Crippen molar-refractivity contribution in [2.24, 2.45) is 0 Å². The normalized spacial score (nSPS) is 17.1. The lowest BCUT2D eigenvalue weighted by molar-refractivity contribution is 0.0618. The van der Waals surface area contributed by atoms with Crippen LogP contribution in [-0.2, 0) is 10.0 Å². The standard InChI is InChI=1S/C25H24N4O4S/c1-33-23-14-8-5-11-19(23)25(30)28-15-16-29(34(31,32)18-9-3-2-4-10-18)22(17-28)24-26-20-12-6-7-13-21(20)27-24/h2-14,22H,15-17H2,1H3,(H,26,27). The van der Waals surface area contributed by atoms with E-state index in [1.54, 1.807) is 59.5 Å². The summed E-state index contributed by atoms with van der Waals surface area (Å²) in [6.07, 6.45) is 0. The molecule has 1 unspecified atom stereocenters. The molecule has 0 aliphatic carbocycles. The first-order valence-electron chi connectivity index (χ1n) is 10.9. The highest BCUT2D eigenvalue weighted by Gasteiger charge is 2.40. The molecule has 8 nitrogen and oxygen atoms in total. The molecule has 0 spiro atoms. The highest BCUT2D eigenvalue weighted by atomic mass is 32.2. The summed E-state index contributed by atoms with van der Waals surface area (Å²) in [6.45, 7) is 0.544. The number of para-hydroxylation sites is 3. The number of hydrogen-bond donors (Lipinski definition) is 1. The minimum Gasteiger partial charge on any atom is -0.496 e. The molecule has 34 heavy (non-hydrogen) atoms. The zero-order valence-corrected chi connectivity index (χ0v) is 19.4. The van der Waals surface area contributed by atoms with Gasteiger partial charge in [-0.1, -0.05) is 42.5 Å². The molecule has 1 saturated heterocycles. The largest absolute Gasteiger partial charge is 0.496 e. The van der Waals surface area contributed by atoms with Gasteiger partial charge in [-0.2, -0.15) is 4.31 Å². The van der Waals surface area contributed by atoms with Crippen molar-refractivity contribution < 1.29 is 17.9 Å². The lowest BCUT2D eigenvalue weighted by atomic mass is 10.1. The zero-order valence-electron chi connectivity index (χ0n) is 18.6. The van der Waals surface area contributed by atoms with Gasteiger partial charge in [0.1, 0.15) is 17.6 Å². The van der Waals surface area contributed by atoms with E-state index < -0.39 is 16.1 Å². The quantitative estimate of drug-likeness (QED) is 0.476. The van der Waals surface area contributed by atoms with E-state index in [2.05, 4.69) is 9.97 Å². The van der Waals surface area contributed by atoms with E-state index in [-0.39, 0.29) is 30.4 Å². The Kier molecular flexibility index (Phi) is 5.80. The molecule has 1 amide bonds. The Bertz CT molecular complexity index is 1400. The molecule has 9 heteroatoms. The van der Waals surface area contributed by atoms with E-state index in [1.807, 2.05) is 24.3 Å². The number of fused-ring (bicyclic) bond motifs is 1. The summed E-state index contributed by atoms with van der Waals surface area (Å²) in [7, 11) is -2.29. The van der Waals surface area contributed by atoms with Gasteiger partial charge in [0.05, 0.1) is 28.6 Å². The number of sulfonamides is 1. The number of ether oxygens (including phenoxy) is 1. The van der Waals surface area contributed by atoms with Crippen LogP contribution in [0.2, 0.25) is 0 Å². The number of amides is 1. The number of piperazine rings is 1. The van der Waals surface area contributed by atoms with Crippen LogP contribution in [0.25, 0.3) is 11.0 Å². The number of carbonyl (C=O) groups is 1. The fourth-order valence-electron chi connectivity index (χ4n) is 4.31. The van der Waals surface area contributed by atoms with Crippen LogP contribution in [0.15, 0.2) is 83.8 Å². The average Bonchev–Trinajstić information content (AvgIpc) is 3.33. The molecule has 1 fully saturated rings. The molecule has 2 heterocycles. The number of nitrogens with one attached hydrogen (secondary N) is 1. The molecule has 4 aromatic rings. The Morgan fingerprint density at radius 1 is 0.971 bits per heavy atom. The molecule has 3 aromatic carbocycles. The summed E-state index contributed by atoms with van der Waals surface area (Å²) in [6, 6.07) is 22.2. The number of hydrogen-bond acceptors (Lipinski definition) is 5. The minimum atomic E-state index is -3.81. The molecule has 1 aliphatic heterocycles. The maximum atomic E-state index is 13.6. The molecule has 1 aromatic heterocycles. The second-order valence-corrected chi connectivity index (χ2v) is 9.93. The smallest absolute Gasteiger partial charge is 0.257 e. The fraction of sp³-hybridized carbons (Fsp3) is 0.200. The number of methoxy groups -OCH3 is 1. The monoisotopic (exact) mass is 476 g/mol. The first kappa shape index (κ1) is 22.1. The second-order valence-electron chi connectivity index (χ2n) is 8.04. The van der Waals surface area contributed by atoms with Crippen molar-refractivity contribution in [2.75, 3.05) is 26.7 Å². The van der Waals surface area contributed by atoms with Crippen LogP contribution in [0.4, 0.5) is 0 Å². The van der Waals surface area contributed by atoms with E-state index >= 15 is 0 Å². The van der Waals surface area contributed by atoms with Gasteiger partial charge < -0.3 is 14.6 Å². The fourth-order valence-corrected chi connectivity index (χ4v) is 5.91. The van der Waals surface area contributed by atoms with Crippen LogP contribution in [0.5, 0.6) is 5.75 Å². The Hall–Kier alpha value is -3.69. The van der Waals surface area contributed by atoms with Crippen LogP contribution in [0.1, 0.15) is 22.2 Å². The van der Waals surface area contributed by atoms with Crippen LogP contribution >= 0.6 is 0 Å². The lowest BCUT2D eigenvalue weighted by Crippen LogP contribution is -2.52. The minimum absolute atomic E-state index is 0.139. The summed E-state index contributed by atoms with van der Waals surface area (Å²) in [5.41, 5.74) is 1.98. The third-order valence-electron chi connectivity index (χ3n) is 6.03. The highest BCUT2D eigenvalue weighted by molar-refractivity contribution is 7.89. The Morgan fingerprint density at radius 3 is 2.44 bits per heavy atom. The number of rotatable bonds is 5. The van der Waals surface area contributed by atoms with E-state index in [4.69, 9.17) is 4.74 Å². The van der Waals surface area contributed by atoms with Crippen LogP contribution in [0, 0.1) is 0 Å². The number of H-pyrrole nitrogens is 1. The van der Waals surface area contributed by atoms with Gasteiger partial charge in [-0.25, -0.2) is 13.4 Å². The van der Waals surface area contributed by atoms with Gasteiger partial charge in [-0.15, -0.1) is 0 Å². The molecule has 1 aliphatic rings. The van der Waals surface area contributed by atoms with E-state index in [1.165, 1.54) is 11.4 Å². The van der Waals surface area contributed by atoms with Crippen LogP contribution in [-0.4, -0.2) is 60.2 Å². The van der Waals surface area contributed by atoms with E-state index in [0.717, 1.165) is 11.0 Å². The molecule has 0 radical (unpaired) electrons. The van der Waals surface area contributed by atoms with Gasteiger partial charge in [0.2, 0.25) is 10.0 Å².